The van der Waals surface area contributed by atoms with Crippen LogP contribution in [0.15, 0.2) is 42.6 Å². The molecule has 1 aromatic carbocycles. The van der Waals surface area contributed by atoms with Gasteiger partial charge in [0.15, 0.2) is 0 Å². The van der Waals surface area contributed by atoms with Crippen LogP contribution in [0.1, 0.15) is 20.8 Å². The fourth-order valence-electron chi connectivity index (χ4n) is 2.76. The van der Waals surface area contributed by atoms with E-state index in [0.717, 1.165) is 6.41 Å². The molecule has 1 fully saturated rings. The number of benzene rings is 1. The van der Waals surface area contributed by atoms with Gasteiger partial charge in [0.1, 0.15) is 11.4 Å². The second-order valence-corrected chi connectivity index (χ2v) is 6.05. The Kier molecular flexibility index (Phi) is 5.65. The van der Waals surface area contributed by atoms with Gasteiger partial charge in [-0.25, -0.2) is 0 Å². The summed E-state index contributed by atoms with van der Waals surface area (Å²) in [6.45, 7) is 1.88. The van der Waals surface area contributed by atoms with E-state index >= 15 is 0 Å². The molecular weight excluding hydrogens is 348 g/mol. The Bertz CT molecular complexity index is 830. The van der Waals surface area contributed by atoms with Gasteiger partial charge in [-0.05, 0) is 36.4 Å². The molecule has 0 spiro atoms. The second-order valence-electron chi connectivity index (χ2n) is 6.05. The SMILES string of the molecule is COc1ccc(NC(=O)c2ccnc(C(=O)N3CCN(C=O)CC3)c2)cc1. The normalized spacial score (nSPS) is 13.8. The lowest BCUT2D eigenvalue weighted by Crippen LogP contribution is -2.48. The van der Waals surface area contributed by atoms with E-state index in [1.54, 1.807) is 47.2 Å². The predicted octanol–water partition coefficient (Wildman–Crippen LogP) is 1.26. The molecule has 0 saturated carbocycles. The summed E-state index contributed by atoms with van der Waals surface area (Å²) in [7, 11) is 1.57. The van der Waals surface area contributed by atoms with Crippen LogP contribution >= 0.6 is 0 Å². The molecule has 0 unspecified atom stereocenters. The van der Waals surface area contributed by atoms with Gasteiger partial charge in [0.2, 0.25) is 6.41 Å². The van der Waals surface area contributed by atoms with Crippen molar-refractivity contribution in [3.8, 4) is 5.75 Å². The van der Waals surface area contributed by atoms with E-state index in [4.69, 9.17) is 4.74 Å². The molecule has 27 heavy (non-hydrogen) atoms. The first-order valence-corrected chi connectivity index (χ1v) is 8.51. The van der Waals surface area contributed by atoms with E-state index in [9.17, 15) is 14.4 Å². The average Bonchev–Trinajstić information content (AvgIpc) is 2.74. The molecule has 2 heterocycles. The van der Waals surface area contributed by atoms with E-state index in [2.05, 4.69) is 10.3 Å². The van der Waals surface area contributed by atoms with Crippen LogP contribution in [0.3, 0.4) is 0 Å². The number of methoxy groups -OCH3 is 1. The van der Waals surface area contributed by atoms with Gasteiger partial charge in [0.05, 0.1) is 7.11 Å². The third-order valence-corrected chi connectivity index (χ3v) is 4.34. The molecule has 140 valence electrons. The third-order valence-electron chi connectivity index (χ3n) is 4.34. The van der Waals surface area contributed by atoms with Crippen LogP contribution in [0, 0.1) is 0 Å². The quantitative estimate of drug-likeness (QED) is 0.802. The Morgan fingerprint density at radius 2 is 1.81 bits per heavy atom. The molecule has 2 aromatic rings. The number of nitrogens with one attached hydrogen (secondary N) is 1. The number of piperazine rings is 1. The van der Waals surface area contributed by atoms with Crippen molar-refractivity contribution >= 4 is 23.9 Å². The summed E-state index contributed by atoms with van der Waals surface area (Å²) in [6, 6.07) is 9.99. The minimum absolute atomic E-state index is 0.205. The Labute approximate surface area is 156 Å². The zero-order valence-corrected chi connectivity index (χ0v) is 14.9. The Morgan fingerprint density at radius 3 is 2.44 bits per heavy atom. The van der Waals surface area contributed by atoms with E-state index in [1.807, 2.05) is 0 Å². The topological polar surface area (TPSA) is 91.8 Å². The minimum Gasteiger partial charge on any atom is -0.497 e. The number of nitrogens with zero attached hydrogens (tertiary/aromatic N) is 3. The maximum Gasteiger partial charge on any atom is 0.272 e. The maximum atomic E-state index is 12.6. The summed E-state index contributed by atoms with van der Waals surface area (Å²) in [5, 5.41) is 2.78. The van der Waals surface area contributed by atoms with Gasteiger partial charge < -0.3 is 19.9 Å². The van der Waals surface area contributed by atoms with Crippen LogP contribution in [-0.4, -0.2) is 66.3 Å². The molecule has 1 saturated heterocycles. The number of hydrogen-bond donors (Lipinski definition) is 1. The van der Waals surface area contributed by atoms with Crippen LogP contribution < -0.4 is 10.1 Å². The highest BCUT2D eigenvalue weighted by Crippen LogP contribution is 2.16. The van der Waals surface area contributed by atoms with Crippen molar-refractivity contribution in [3.05, 3.63) is 53.9 Å². The summed E-state index contributed by atoms with van der Waals surface area (Å²) in [4.78, 5) is 43.2. The standard InChI is InChI=1S/C19H20N4O4/c1-27-16-4-2-15(3-5-16)21-18(25)14-6-7-20-17(12-14)19(26)23-10-8-22(13-24)9-11-23/h2-7,12-13H,8-11H2,1H3,(H,21,25). The van der Waals surface area contributed by atoms with Crippen molar-refractivity contribution in [2.75, 3.05) is 38.6 Å². The van der Waals surface area contributed by atoms with Crippen LogP contribution in [0.25, 0.3) is 0 Å². The molecule has 1 aromatic heterocycles. The van der Waals surface area contributed by atoms with Gasteiger partial charge in [-0.3, -0.25) is 19.4 Å². The first-order valence-electron chi connectivity index (χ1n) is 8.51. The Morgan fingerprint density at radius 1 is 1.11 bits per heavy atom. The first kappa shape index (κ1) is 18.4. The highest BCUT2D eigenvalue weighted by molar-refractivity contribution is 6.05. The summed E-state index contributed by atoms with van der Waals surface area (Å²) >= 11 is 0. The molecule has 1 aliphatic heterocycles. The number of carbonyl (C=O) groups is 3. The van der Waals surface area contributed by atoms with E-state index in [-0.39, 0.29) is 17.5 Å². The fraction of sp³-hybridized carbons (Fsp3) is 0.263. The predicted molar refractivity (Wildman–Crippen MR) is 98.7 cm³/mol. The van der Waals surface area contributed by atoms with Gasteiger partial charge in [-0.15, -0.1) is 0 Å². The summed E-state index contributed by atoms with van der Waals surface area (Å²) in [5.74, 6) is 0.113. The molecule has 0 radical (unpaired) electrons. The largest absolute Gasteiger partial charge is 0.497 e. The summed E-state index contributed by atoms with van der Waals surface area (Å²) in [5.41, 5.74) is 1.17. The lowest BCUT2D eigenvalue weighted by Gasteiger charge is -2.32. The average molecular weight is 368 g/mol. The molecule has 8 nitrogen and oxygen atoms in total. The number of amides is 3. The number of aromatic nitrogens is 1. The molecule has 0 aliphatic carbocycles. The molecule has 0 bridgehead atoms. The van der Waals surface area contributed by atoms with Crippen molar-refractivity contribution in [3.63, 3.8) is 0 Å². The lowest BCUT2D eigenvalue weighted by atomic mass is 10.2. The van der Waals surface area contributed by atoms with E-state index < -0.39 is 0 Å². The smallest absolute Gasteiger partial charge is 0.272 e. The molecule has 3 amide bonds. The van der Waals surface area contributed by atoms with Crippen LogP contribution in [-0.2, 0) is 4.79 Å². The number of pyridine rings is 1. The van der Waals surface area contributed by atoms with Gasteiger partial charge in [-0.2, -0.15) is 0 Å². The molecular formula is C19H20N4O4. The number of anilines is 1. The zero-order valence-electron chi connectivity index (χ0n) is 14.9. The number of ether oxygens (including phenoxy) is 1. The number of hydrogen-bond acceptors (Lipinski definition) is 5. The van der Waals surface area contributed by atoms with Crippen molar-refractivity contribution in [1.29, 1.82) is 0 Å². The van der Waals surface area contributed by atoms with E-state index in [1.165, 1.54) is 12.3 Å². The van der Waals surface area contributed by atoms with Gasteiger partial charge >= 0.3 is 0 Å². The van der Waals surface area contributed by atoms with Crippen molar-refractivity contribution in [1.82, 2.24) is 14.8 Å². The van der Waals surface area contributed by atoms with Crippen molar-refractivity contribution < 1.29 is 19.1 Å². The summed E-state index contributed by atoms with van der Waals surface area (Å²) < 4.78 is 5.09. The lowest BCUT2D eigenvalue weighted by molar-refractivity contribution is -0.119. The second kappa shape index (κ2) is 8.31. The van der Waals surface area contributed by atoms with Crippen molar-refractivity contribution in [2.24, 2.45) is 0 Å². The number of rotatable bonds is 5. The highest BCUT2D eigenvalue weighted by atomic mass is 16.5. The fourth-order valence-corrected chi connectivity index (χ4v) is 2.76. The van der Waals surface area contributed by atoms with Gasteiger partial charge in [-0.1, -0.05) is 0 Å². The molecule has 0 atom stereocenters. The van der Waals surface area contributed by atoms with Gasteiger partial charge in [0.25, 0.3) is 11.8 Å². The van der Waals surface area contributed by atoms with E-state index in [0.29, 0.717) is 43.2 Å². The molecule has 3 rings (SSSR count). The summed E-state index contributed by atoms with van der Waals surface area (Å²) in [6.07, 6.45) is 2.22. The zero-order chi connectivity index (χ0) is 19.2. The van der Waals surface area contributed by atoms with Crippen molar-refractivity contribution in [2.45, 2.75) is 0 Å². The molecule has 1 aliphatic rings. The Hall–Kier alpha value is -3.42. The first-order chi connectivity index (χ1) is 13.1. The maximum absolute atomic E-state index is 12.6. The minimum atomic E-state index is -0.331. The molecule has 1 N–H and O–H groups in total. The third kappa shape index (κ3) is 4.41. The van der Waals surface area contributed by atoms with Crippen LogP contribution in [0.5, 0.6) is 5.75 Å². The van der Waals surface area contributed by atoms with Crippen LogP contribution in [0.2, 0.25) is 0 Å². The Balaban J connectivity index is 1.68. The monoisotopic (exact) mass is 368 g/mol. The highest BCUT2D eigenvalue weighted by Gasteiger charge is 2.23. The van der Waals surface area contributed by atoms with Gasteiger partial charge in [0, 0.05) is 43.6 Å². The van der Waals surface area contributed by atoms with Crippen LogP contribution in [0.4, 0.5) is 5.69 Å². The number of carbonyl (C=O) groups excluding carboxylic acids is 3. The molecule has 8 heteroatoms.